The summed E-state index contributed by atoms with van der Waals surface area (Å²) < 4.78 is 0. The highest BCUT2D eigenvalue weighted by atomic mass is 32.2. The van der Waals surface area contributed by atoms with Gasteiger partial charge in [-0.3, -0.25) is 9.59 Å². The van der Waals surface area contributed by atoms with Crippen molar-refractivity contribution in [2.24, 2.45) is 5.73 Å². The maximum Gasteiger partial charge on any atom is 0.321 e. The number of amides is 1. The summed E-state index contributed by atoms with van der Waals surface area (Å²) in [5.41, 5.74) is 7.27. The number of nitrogens with two attached hydrogens (primary N) is 1. The third kappa shape index (κ3) is 6.58. The van der Waals surface area contributed by atoms with Crippen LogP contribution in [0.4, 0.5) is 5.69 Å². The highest BCUT2D eigenvalue weighted by Crippen LogP contribution is 2.11. The molecule has 110 valence electrons. The average Bonchev–Trinajstić information content (AvgIpc) is 2.37. The van der Waals surface area contributed by atoms with Crippen LogP contribution in [0.15, 0.2) is 24.3 Å². The molecule has 0 bridgehead atoms. The summed E-state index contributed by atoms with van der Waals surface area (Å²) in [6, 6.07) is 6.80. The Morgan fingerprint density at radius 3 is 2.85 bits per heavy atom. The first kappa shape index (κ1) is 16.5. The van der Waals surface area contributed by atoms with Gasteiger partial charge >= 0.3 is 5.97 Å². The molecule has 1 aromatic carbocycles. The number of thioether (sulfide) groups is 1. The lowest BCUT2D eigenvalue weighted by Gasteiger charge is -2.07. The Morgan fingerprint density at radius 2 is 2.20 bits per heavy atom. The lowest BCUT2D eigenvalue weighted by Crippen LogP contribution is -2.32. The Kier molecular flexibility index (Phi) is 7.11. The predicted octanol–water partition coefficient (Wildman–Crippen LogP) is 1.86. The average molecular weight is 296 g/mol. The van der Waals surface area contributed by atoms with E-state index in [0.717, 1.165) is 17.0 Å². The van der Waals surface area contributed by atoms with E-state index in [0.29, 0.717) is 18.6 Å². The van der Waals surface area contributed by atoms with E-state index in [2.05, 4.69) is 5.32 Å². The smallest absolute Gasteiger partial charge is 0.321 e. The third-order valence-electron chi connectivity index (χ3n) is 2.61. The number of aryl methyl sites for hydroxylation is 1. The van der Waals surface area contributed by atoms with Gasteiger partial charge in [-0.15, -0.1) is 0 Å². The molecule has 4 N–H and O–H groups in total. The Balaban J connectivity index is 2.16. The number of hydrogen-bond donors (Lipinski definition) is 3. The van der Waals surface area contributed by atoms with Crippen LogP contribution in [-0.4, -0.2) is 34.5 Å². The number of carbonyl (C=O) groups is 2. The Hall–Kier alpha value is -1.53. The second-order valence-electron chi connectivity index (χ2n) is 4.54. The van der Waals surface area contributed by atoms with Crippen molar-refractivity contribution in [2.45, 2.75) is 25.8 Å². The molecule has 0 saturated carbocycles. The van der Waals surface area contributed by atoms with Crippen molar-refractivity contribution in [2.75, 3.05) is 16.8 Å². The molecule has 20 heavy (non-hydrogen) atoms. The molecule has 1 aromatic rings. The Bertz CT molecular complexity index is 465. The number of anilines is 1. The van der Waals surface area contributed by atoms with Gasteiger partial charge in [0.15, 0.2) is 0 Å². The van der Waals surface area contributed by atoms with Crippen molar-refractivity contribution in [3.63, 3.8) is 0 Å². The van der Waals surface area contributed by atoms with Crippen molar-refractivity contribution in [1.82, 2.24) is 0 Å². The molecule has 0 fully saturated rings. The summed E-state index contributed by atoms with van der Waals surface area (Å²) in [5.74, 6) is 0.0743. The Morgan fingerprint density at radius 1 is 1.45 bits per heavy atom. The first-order chi connectivity index (χ1) is 9.49. The first-order valence-electron chi connectivity index (χ1n) is 6.41. The van der Waals surface area contributed by atoms with Gasteiger partial charge in [0.1, 0.15) is 6.04 Å². The quantitative estimate of drug-likeness (QED) is 0.637. The van der Waals surface area contributed by atoms with Crippen LogP contribution in [0, 0.1) is 6.92 Å². The summed E-state index contributed by atoms with van der Waals surface area (Å²) in [6.07, 6.45) is 1.12. The Labute approximate surface area is 122 Å². The van der Waals surface area contributed by atoms with E-state index in [1.165, 1.54) is 11.8 Å². The van der Waals surface area contributed by atoms with Crippen molar-refractivity contribution in [3.05, 3.63) is 29.8 Å². The van der Waals surface area contributed by atoms with Gasteiger partial charge in [0.25, 0.3) is 0 Å². The fraction of sp³-hybridized carbons (Fsp3) is 0.429. The molecule has 0 radical (unpaired) electrons. The van der Waals surface area contributed by atoms with Crippen LogP contribution in [0.1, 0.15) is 18.4 Å². The fourth-order valence-corrected chi connectivity index (χ4v) is 2.47. The van der Waals surface area contributed by atoms with Gasteiger partial charge < -0.3 is 16.2 Å². The highest BCUT2D eigenvalue weighted by molar-refractivity contribution is 7.99. The molecule has 0 aliphatic rings. The molecule has 0 spiro atoms. The molecule has 0 aliphatic carbocycles. The third-order valence-corrected chi connectivity index (χ3v) is 3.78. The highest BCUT2D eigenvalue weighted by Gasteiger charge is 2.10. The second-order valence-corrected chi connectivity index (χ2v) is 5.69. The van der Waals surface area contributed by atoms with Crippen molar-refractivity contribution in [1.29, 1.82) is 0 Å². The minimum absolute atomic E-state index is 0.0290. The fourth-order valence-electron chi connectivity index (χ4n) is 1.56. The number of rotatable bonds is 8. The number of benzene rings is 1. The lowest BCUT2D eigenvalue weighted by molar-refractivity contribution is -0.137. The molecule has 5 nitrogen and oxygen atoms in total. The summed E-state index contributed by atoms with van der Waals surface area (Å²) >= 11 is 1.45. The topological polar surface area (TPSA) is 92.4 Å². The van der Waals surface area contributed by atoms with E-state index in [4.69, 9.17) is 10.8 Å². The van der Waals surface area contributed by atoms with Gasteiger partial charge in [0.2, 0.25) is 5.91 Å². The molecule has 0 saturated heterocycles. The molecule has 1 amide bonds. The minimum atomic E-state index is -0.991. The van der Waals surface area contributed by atoms with E-state index < -0.39 is 12.0 Å². The number of hydrogen-bond acceptors (Lipinski definition) is 4. The molecule has 0 aromatic heterocycles. The van der Waals surface area contributed by atoms with Crippen LogP contribution < -0.4 is 11.1 Å². The van der Waals surface area contributed by atoms with E-state index in [-0.39, 0.29) is 5.91 Å². The molecule has 0 aliphatic heterocycles. The van der Waals surface area contributed by atoms with Gasteiger partial charge in [-0.05, 0) is 36.8 Å². The van der Waals surface area contributed by atoms with Crippen LogP contribution in [0.2, 0.25) is 0 Å². The van der Waals surface area contributed by atoms with Gasteiger partial charge in [0, 0.05) is 17.9 Å². The zero-order valence-electron chi connectivity index (χ0n) is 11.5. The van der Waals surface area contributed by atoms with Gasteiger partial charge in [-0.25, -0.2) is 0 Å². The monoisotopic (exact) mass is 296 g/mol. The molecular weight excluding hydrogens is 276 g/mol. The van der Waals surface area contributed by atoms with Crippen molar-refractivity contribution >= 4 is 29.3 Å². The van der Waals surface area contributed by atoms with E-state index in [1.54, 1.807) is 0 Å². The first-order valence-corrected chi connectivity index (χ1v) is 7.57. The molecule has 1 unspecified atom stereocenters. The number of carboxylic acid groups (broad SMARTS) is 1. The number of carboxylic acids is 1. The maximum atomic E-state index is 11.7. The van der Waals surface area contributed by atoms with E-state index in [1.807, 2.05) is 31.2 Å². The zero-order valence-corrected chi connectivity index (χ0v) is 12.3. The SMILES string of the molecule is Cc1cccc(NC(=O)CCCSCC(N)C(=O)O)c1. The van der Waals surface area contributed by atoms with Gasteiger partial charge in [0.05, 0.1) is 0 Å². The molecule has 1 atom stereocenters. The van der Waals surface area contributed by atoms with Crippen molar-refractivity contribution in [3.8, 4) is 0 Å². The van der Waals surface area contributed by atoms with E-state index in [9.17, 15) is 9.59 Å². The number of nitrogens with one attached hydrogen (secondary N) is 1. The summed E-state index contributed by atoms with van der Waals surface area (Å²) in [4.78, 5) is 22.2. The van der Waals surface area contributed by atoms with E-state index >= 15 is 0 Å². The summed E-state index contributed by atoms with van der Waals surface area (Å²) in [7, 11) is 0. The van der Waals surface area contributed by atoms with Crippen LogP contribution >= 0.6 is 11.8 Å². The normalized spacial score (nSPS) is 11.9. The van der Waals surface area contributed by atoms with Crippen LogP contribution in [0.25, 0.3) is 0 Å². The molecule has 6 heteroatoms. The summed E-state index contributed by atoms with van der Waals surface area (Å²) in [6.45, 7) is 1.97. The lowest BCUT2D eigenvalue weighted by atomic mass is 10.2. The number of carbonyl (C=O) groups excluding carboxylic acids is 1. The van der Waals surface area contributed by atoms with Gasteiger partial charge in [-0.2, -0.15) is 11.8 Å². The van der Waals surface area contributed by atoms with Crippen LogP contribution in [-0.2, 0) is 9.59 Å². The molecule has 1 rings (SSSR count). The maximum absolute atomic E-state index is 11.7. The van der Waals surface area contributed by atoms with Gasteiger partial charge in [-0.1, -0.05) is 12.1 Å². The number of aliphatic carboxylic acids is 1. The molecule has 0 heterocycles. The summed E-state index contributed by atoms with van der Waals surface area (Å²) in [5, 5.41) is 11.4. The van der Waals surface area contributed by atoms with Crippen molar-refractivity contribution < 1.29 is 14.7 Å². The molecular formula is C14H20N2O3S. The zero-order chi connectivity index (χ0) is 15.0. The van der Waals surface area contributed by atoms with Crippen LogP contribution in [0.3, 0.4) is 0 Å². The largest absolute Gasteiger partial charge is 0.480 e. The second kappa shape index (κ2) is 8.60. The standard InChI is InChI=1S/C14H20N2O3S/c1-10-4-2-5-11(8-10)16-13(17)6-3-7-20-9-12(15)14(18)19/h2,4-5,8,12H,3,6-7,9,15H2,1H3,(H,16,17)(H,18,19). The van der Waals surface area contributed by atoms with Crippen LogP contribution in [0.5, 0.6) is 0 Å². The predicted molar refractivity (Wildman–Crippen MR) is 82.0 cm³/mol. The minimum Gasteiger partial charge on any atom is -0.480 e.